The van der Waals surface area contributed by atoms with Crippen LogP contribution in [0.5, 0.6) is 5.75 Å². The first-order valence-electron chi connectivity index (χ1n) is 13.8. The summed E-state index contributed by atoms with van der Waals surface area (Å²) < 4.78 is 41.9. The molecule has 10 heteroatoms. The number of halogens is 3. The Balaban J connectivity index is 1.55. The highest BCUT2D eigenvalue weighted by molar-refractivity contribution is 6.04. The highest BCUT2D eigenvalue weighted by Crippen LogP contribution is 2.28. The molecule has 2 amide bonds. The summed E-state index contributed by atoms with van der Waals surface area (Å²) in [6.07, 6.45) is 4.31. The quantitative estimate of drug-likeness (QED) is 0.234. The fourth-order valence-electron chi connectivity index (χ4n) is 4.65. The third-order valence-corrected chi connectivity index (χ3v) is 6.80. The number of hydrogen-bond donors (Lipinski definition) is 2. The zero-order valence-corrected chi connectivity index (χ0v) is 23.3. The van der Waals surface area contributed by atoms with E-state index >= 15 is 0 Å². The van der Waals surface area contributed by atoms with Crippen LogP contribution in [-0.4, -0.2) is 35.8 Å². The molecular formula is C33H31F3N2O5. The number of allylic oxidation sites excluding steroid dienone is 2. The topological polar surface area (TPSA) is 95.9 Å². The summed E-state index contributed by atoms with van der Waals surface area (Å²) in [6, 6.07) is 19.5. The van der Waals surface area contributed by atoms with E-state index in [1.807, 2.05) is 24.3 Å². The molecule has 43 heavy (non-hydrogen) atoms. The first kappa shape index (κ1) is 31.1. The van der Waals surface area contributed by atoms with E-state index in [0.29, 0.717) is 16.8 Å². The van der Waals surface area contributed by atoms with Crippen LogP contribution in [0.15, 0.2) is 84.9 Å². The van der Waals surface area contributed by atoms with E-state index in [1.54, 1.807) is 18.2 Å². The maximum absolute atomic E-state index is 13.5. The van der Waals surface area contributed by atoms with E-state index in [2.05, 4.69) is 16.1 Å². The molecule has 4 rings (SSSR count). The maximum Gasteiger partial charge on any atom is 0.573 e. The van der Waals surface area contributed by atoms with Crippen LogP contribution >= 0.6 is 0 Å². The molecule has 0 spiro atoms. The standard InChI is InChI=1S/C33H31F3N2O5/c34-33(35,36)43-29-8-4-5-23(21-29)11-18-30(39)38(22-24-9-12-26(13-10-24)25-6-2-1-3-7-25)28-16-14-27(15-17-28)32(42)37-20-19-31(40)41/h4-6,8-18,21H,1-3,7,19-20,22H2,(H,37,42)(H,40,41)/b18-11+. The Morgan fingerprint density at radius 3 is 2.37 bits per heavy atom. The van der Waals surface area contributed by atoms with Crippen molar-refractivity contribution in [2.45, 2.75) is 45.0 Å². The summed E-state index contributed by atoms with van der Waals surface area (Å²) >= 11 is 0. The number of carboxylic acid groups (broad SMARTS) is 1. The summed E-state index contributed by atoms with van der Waals surface area (Å²) in [5.41, 5.74) is 4.43. The predicted octanol–water partition coefficient (Wildman–Crippen LogP) is 6.99. The van der Waals surface area contributed by atoms with Gasteiger partial charge in [0, 0.05) is 23.9 Å². The highest BCUT2D eigenvalue weighted by Gasteiger charge is 2.31. The molecule has 0 atom stereocenters. The van der Waals surface area contributed by atoms with E-state index in [1.165, 1.54) is 59.4 Å². The third kappa shape index (κ3) is 9.59. The highest BCUT2D eigenvalue weighted by atomic mass is 19.4. The van der Waals surface area contributed by atoms with Gasteiger partial charge in [-0.25, -0.2) is 0 Å². The molecule has 0 aliphatic heterocycles. The Kier molecular flexibility index (Phi) is 10.4. The minimum Gasteiger partial charge on any atom is -0.481 e. The predicted molar refractivity (Wildman–Crippen MR) is 157 cm³/mol. The van der Waals surface area contributed by atoms with Crippen molar-refractivity contribution in [2.75, 3.05) is 11.4 Å². The number of nitrogens with zero attached hydrogens (tertiary/aromatic N) is 1. The lowest BCUT2D eigenvalue weighted by Crippen LogP contribution is -2.29. The lowest BCUT2D eigenvalue weighted by Gasteiger charge is -2.22. The number of alkyl halides is 3. The number of aliphatic carboxylic acids is 1. The molecule has 3 aromatic rings. The van der Waals surface area contributed by atoms with Gasteiger partial charge in [0.05, 0.1) is 13.0 Å². The second-order valence-electron chi connectivity index (χ2n) is 10.00. The molecule has 0 bridgehead atoms. The monoisotopic (exact) mass is 592 g/mol. The van der Waals surface area contributed by atoms with Crippen LogP contribution in [-0.2, 0) is 16.1 Å². The van der Waals surface area contributed by atoms with Crippen molar-refractivity contribution in [3.63, 3.8) is 0 Å². The molecular weight excluding hydrogens is 561 g/mol. The van der Waals surface area contributed by atoms with Gasteiger partial charge < -0.3 is 20.1 Å². The number of rotatable bonds is 11. The molecule has 3 aromatic carbocycles. The molecule has 224 valence electrons. The lowest BCUT2D eigenvalue weighted by molar-refractivity contribution is -0.274. The number of carboxylic acids is 1. The summed E-state index contributed by atoms with van der Waals surface area (Å²) in [7, 11) is 0. The Morgan fingerprint density at radius 1 is 0.977 bits per heavy atom. The molecule has 0 fully saturated rings. The van der Waals surface area contributed by atoms with Crippen LogP contribution in [0.25, 0.3) is 11.6 Å². The van der Waals surface area contributed by atoms with Crippen LogP contribution < -0.4 is 15.0 Å². The van der Waals surface area contributed by atoms with Crippen molar-refractivity contribution < 1.29 is 37.4 Å². The first-order valence-corrected chi connectivity index (χ1v) is 13.8. The zero-order chi connectivity index (χ0) is 30.8. The number of hydrogen-bond acceptors (Lipinski definition) is 4. The second-order valence-corrected chi connectivity index (χ2v) is 10.00. The van der Waals surface area contributed by atoms with Crippen LogP contribution in [0.2, 0.25) is 0 Å². The summed E-state index contributed by atoms with van der Waals surface area (Å²) in [6.45, 7) is 0.178. The van der Waals surface area contributed by atoms with Crippen LogP contribution in [0, 0.1) is 0 Å². The van der Waals surface area contributed by atoms with Crippen molar-refractivity contribution in [3.8, 4) is 5.75 Å². The fourth-order valence-corrected chi connectivity index (χ4v) is 4.65. The van der Waals surface area contributed by atoms with Crippen molar-refractivity contribution in [2.24, 2.45) is 0 Å². The average molecular weight is 593 g/mol. The zero-order valence-electron chi connectivity index (χ0n) is 23.3. The Hall–Kier alpha value is -4.86. The molecule has 7 nitrogen and oxygen atoms in total. The molecule has 1 aliphatic rings. The van der Waals surface area contributed by atoms with Gasteiger partial charge >= 0.3 is 12.3 Å². The van der Waals surface area contributed by atoms with Crippen LogP contribution in [0.4, 0.5) is 18.9 Å². The first-order chi connectivity index (χ1) is 20.6. The molecule has 0 heterocycles. The minimum atomic E-state index is -4.84. The van der Waals surface area contributed by atoms with Gasteiger partial charge in [-0.3, -0.25) is 14.4 Å². The van der Waals surface area contributed by atoms with Gasteiger partial charge in [0.25, 0.3) is 11.8 Å². The molecule has 0 unspecified atom stereocenters. The largest absolute Gasteiger partial charge is 0.573 e. The molecule has 1 aliphatic carbocycles. The molecule has 0 radical (unpaired) electrons. The fraction of sp³-hybridized carbons (Fsp3) is 0.242. The average Bonchev–Trinajstić information content (AvgIpc) is 2.98. The summed E-state index contributed by atoms with van der Waals surface area (Å²) in [5, 5.41) is 11.3. The van der Waals surface area contributed by atoms with Gasteiger partial charge in [-0.05, 0) is 90.4 Å². The van der Waals surface area contributed by atoms with Gasteiger partial charge in [-0.1, -0.05) is 42.5 Å². The van der Waals surface area contributed by atoms with E-state index in [4.69, 9.17) is 5.11 Å². The van der Waals surface area contributed by atoms with Crippen molar-refractivity contribution >= 4 is 35.1 Å². The SMILES string of the molecule is O=C(O)CCNC(=O)c1ccc(N(Cc2ccc(C3=CCCCC3)cc2)C(=O)/C=C/c2cccc(OC(F)(F)F)c2)cc1. The van der Waals surface area contributed by atoms with Crippen LogP contribution in [0.1, 0.15) is 59.2 Å². The van der Waals surface area contributed by atoms with E-state index in [0.717, 1.165) is 30.4 Å². The number of carbonyl (C=O) groups is 3. The van der Waals surface area contributed by atoms with Gasteiger partial charge in [-0.2, -0.15) is 0 Å². The van der Waals surface area contributed by atoms with Gasteiger partial charge in [-0.15, -0.1) is 13.2 Å². The molecule has 0 aromatic heterocycles. The van der Waals surface area contributed by atoms with Crippen molar-refractivity contribution in [1.82, 2.24) is 5.32 Å². The number of anilines is 1. The van der Waals surface area contributed by atoms with E-state index < -0.39 is 29.9 Å². The number of ether oxygens (including phenoxy) is 1. The normalized spacial score (nSPS) is 13.3. The van der Waals surface area contributed by atoms with E-state index in [-0.39, 0.29) is 19.5 Å². The molecule has 0 saturated carbocycles. The Morgan fingerprint density at radius 2 is 1.72 bits per heavy atom. The van der Waals surface area contributed by atoms with Crippen LogP contribution in [0.3, 0.4) is 0 Å². The van der Waals surface area contributed by atoms with Gasteiger partial charge in [0.15, 0.2) is 0 Å². The number of benzene rings is 3. The van der Waals surface area contributed by atoms with Gasteiger partial charge in [0.1, 0.15) is 5.75 Å². The second kappa shape index (κ2) is 14.4. The minimum absolute atomic E-state index is 0.0204. The third-order valence-electron chi connectivity index (χ3n) is 6.80. The summed E-state index contributed by atoms with van der Waals surface area (Å²) in [4.78, 5) is 38.1. The molecule has 0 saturated heterocycles. The Labute approximate surface area is 247 Å². The molecule has 2 N–H and O–H groups in total. The number of carbonyl (C=O) groups excluding carboxylic acids is 2. The van der Waals surface area contributed by atoms with Crippen molar-refractivity contribution in [1.29, 1.82) is 0 Å². The van der Waals surface area contributed by atoms with Gasteiger partial charge in [0.2, 0.25) is 0 Å². The van der Waals surface area contributed by atoms with Crippen molar-refractivity contribution in [3.05, 3.63) is 107 Å². The lowest BCUT2D eigenvalue weighted by atomic mass is 9.93. The Bertz CT molecular complexity index is 1500. The number of amides is 2. The summed E-state index contributed by atoms with van der Waals surface area (Å²) in [5.74, 6) is -2.30. The maximum atomic E-state index is 13.5. The smallest absolute Gasteiger partial charge is 0.481 e. The van der Waals surface area contributed by atoms with E-state index in [9.17, 15) is 27.6 Å². The number of nitrogens with one attached hydrogen (secondary N) is 1.